The summed E-state index contributed by atoms with van der Waals surface area (Å²) in [4.78, 5) is 4.46. The summed E-state index contributed by atoms with van der Waals surface area (Å²) in [5.41, 5.74) is 8.35. The summed E-state index contributed by atoms with van der Waals surface area (Å²) in [5.74, 6) is 0. The monoisotopic (exact) mass is 231 g/mol. The van der Waals surface area contributed by atoms with Gasteiger partial charge in [-0.3, -0.25) is 0 Å². The molecular weight excluding hydrogens is 210 g/mol. The van der Waals surface area contributed by atoms with E-state index in [-0.39, 0.29) is 0 Å². The van der Waals surface area contributed by atoms with Gasteiger partial charge in [0.05, 0.1) is 0 Å². The van der Waals surface area contributed by atoms with Gasteiger partial charge in [-0.1, -0.05) is 20.8 Å². The molecule has 0 aromatic carbocycles. The summed E-state index contributed by atoms with van der Waals surface area (Å²) < 4.78 is 2.22. The van der Waals surface area contributed by atoms with E-state index in [1.165, 1.54) is 10.9 Å². The van der Waals surface area contributed by atoms with Crippen LogP contribution in [0.25, 0.3) is 11.0 Å². The molecular formula is C14H21N3. The van der Waals surface area contributed by atoms with Gasteiger partial charge in [0, 0.05) is 30.9 Å². The Hall–Kier alpha value is -1.35. The quantitative estimate of drug-likeness (QED) is 0.882. The van der Waals surface area contributed by atoms with Crippen LogP contribution in [-0.4, -0.2) is 9.55 Å². The topological polar surface area (TPSA) is 43.8 Å². The van der Waals surface area contributed by atoms with Crippen LogP contribution in [0.4, 0.5) is 0 Å². The molecule has 3 heteroatoms. The zero-order valence-electron chi connectivity index (χ0n) is 10.9. The molecule has 17 heavy (non-hydrogen) atoms. The van der Waals surface area contributed by atoms with E-state index in [2.05, 4.69) is 42.6 Å². The van der Waals surface area contributed by atoms with Gasteiger partial charge in [-0.05, 0) is 29.5 Å². The van der Waals surface area contributed by atoms with Crippen molar-refractivity contribution in [3.63, 3.8) is 0 Å². The smallest absolute Gasteiger partial charge is 0.140 e. The Morgan fingerprint density at radius 3 is 2.76 bits per heavy atom. The Bertz CT molecular complexity index is 506. The van der Waals surface area contributed by atoms with Gasteiger partial charge in [0.2, 0.25) is 0 Å². The van der Waals surface area contributed by atoms with Gasteiger partial charge in [-0.2, -0.15) is 0 Å². The number of aromatic nitrogens is 2. The Balaban J connectivity index is 2.34. The maximum Gasteiger partial charge on any atom is 0.140 e. The van der Waals surface area contributed by atoms with Crippen LogP contribution in [0.3, 0.4) is 0 Å². The number of rotatable bonds is 3. The summed E-state index contributed by atoms with van der Waals surface area (Å²) in [7, 11) is 0. The first-order valence-corrected chi connectivity index (χ1v) is 6.14. The first kappa shape index (κ1) is 12.1. The summed E-state index contributed by atoms with van der Waals surface area (Å²) in [6.07, 6.45) is 5.12. The average molecular weight is 231 g/mol. The summed E-state index contributed by atoms with van der Waals surface area (Å²) >= 11 is 0. The van der Waals surface area contributed by atoms with Crippen molar-refractivity contribution in [2.45, 2.75) is 40.3 Å². The minimum absolute atomic E-state index is 0.342. The highest BCUT2D eigenvalue weighted by Gasteiger charge is 2.13. The molecule has 2 aromatic rings. The van der Waals surface area contributed by atoms with Crippen molar-refractivity contribution in [2.24, 2.45) is 11.1 Å². The lowest BCUT2D eigenvalue weighted by Crippen LogP contribution is -2.10. The van der Waals surface area contributed by atoms with Crippen molar-refractivity contribution in [3.8, 4) is 0 Å². The molecule has 0 radical (unpaired) electrons. The van der Waals surface area contributed by atoms with Gasteiger partial charge in [-0.15, -0.1) is 0 Å². The zero-order valence-corrected chi connectivity index (χ0v) is 10.9. The third-order valence-corrected chi connectivity index (χ3v) is 3.04. The molecule has 0 saturated heterocycles. The lowest BCUT2D eigenvalue weighted by molar-refractivity contribution is 0.352. The number of aryl methyl sites for hydroxylation is 1. The zero-order chi connectivity index (χ0) is 12.5. The van der Waals surface area contributed by atoms with Gasteiger partial charge >= 0.3 is 0 Å². The summed E-state index contributed by atoms with van der Waals surface area (Å²) in [5, 5.41) is 1.18. The number of hydrogen-bond donors (Lipinski definition) is 1. The van der Waals surface area contributed by atoms with Crippen LogP contribution in [-0.2, 0) is 13.1 Å². The third kappa shape index (κ3) is 2.67. The molecule has 0 aliphatic rings. The van der Waals surface area contributed by atoms with E-state index in [0.29, 0.717) is 12.0 Å². The summed E-state index contributed by atoms with van der Waals surface area (Å²) in [6, 6.07) is 4.06. The second kappa shape index (κ2) is 4.49. The largest absolute Gasteiger partial charge is 0.332 e. The maximum absolute atomic E-state index is 5.77. The Labute approximate surface area is 103 Å². The van der Waals surface area contributed by atoms with Crippen LogP contribution in [0.15, 0.2) is 24.5 Å². The maximum atomic E-state index is 5.77. The molecule has 2 aromatic heterocycles. The third-order valence-electron chi connectivity index (χ3n) is 3.04. The molecule has 92 valence electrons. The Kier molecular flexibility index (Phi) is 3.20. The molecule has 0 spiro atoms. The van der Waals surface area contributed by atoms with Crippen LogP contribution in [0, 0.1) is 5.41 Å². The number of nitrogens with zero attached hydrogens (tertiary/aromatic N) is 2. The van der Waals surface area contributed by atoms with Crippen LogP contribution in [0.2, 0.25) is 0 Å². The number of nitrogens with two attached hydrogens (primary N) is 1. The van der Waals surface area contributed by atoms with E-state index in [1.54, 1.807) is 0 Å². The van der Waals surface area contributed by atoms with Gasteiger partial charge in [0.1, 0.15) is 5.65 Å². The number of fused-ring (bicyclic) bond motifs is 1. The highest BCUT2D eigenvalue weighted by atomic mass is 15.0. The molecule has 3 nitrogen and oxygen atoms in total. The van der Waals surface area contributed by atoms with Gasteiger partial charge in [-0.25, -0.2) is 4.98 Å². The molecule has 0 saturated carbocycles. The normalized spacial score (nSPS) is 12.2. The standard InChI is InChI=1S/C14H21N3/c1-14(2,3)6-8-17-10-11(9-15)12-5-4-7-16-13(12)17/h4-5,7,10H,6,8-9,15H2,1-3H3. The van der Waals surface area contributed by atoms with Crippen molar-refractivity contribution in [3.05, 3.63) is 30.1 Å². The molecule has 0 fully saturated rings. The fraction of sp³-hybridized carbons (Fsp3) is 0.500. The van der Waals surface area contributed by atoms with E-state index in [0.717, 1.165) is 18.6 Å². The fourth-order valence-electron chi connectivity index (χ4n) is 1.98. The molecule has 0 amide bonds. The predicted molar refractivity (Wildman–Crippen MR) is 71.7 cm³/mol. The lowest BCUT2D eigenvalue weighted by Gasteiger charge is -2.18. The van der Waals surface area contributed by atoms with Gasteiger partial charge < -0.3 is 10.3 Å². The molecule has 0 bridgehead atoms. The second-order valence-electron chi connectivity index (χ2n) is 5.74. The van der Waals surface area contributed by atoms with Gasteiger partial charge in [0.15, 0.2) is 0 Å². The van der Waals surface area contributed by atoms with Gasteiger partial charge in [0.25, 0.3) is 0 Å². The molecule has 2 N–H and O–H groups in total. The molecule has 0 unspecified atom stereocenters. The van der Waals surface area contributed by atoms with Crippen molar-refractivity contribution >= 4 is 11.0 Å². The highest BCUT2D eigenvalue weighted by Crippen LogP contribution is 2.23. The van der Waals surface area contributed by atoms with E-state index < -0.39 is 0 Å². The molecule has 0 atom stereocenters. The Morgan fingerprint density at radius 1 is 1.35 bits per heavy atom. The van der Waals surface area contributed by atoms with Crippen LogP contribution < -0.4 is 5.73 Å². The minimum atomic E-state index is 0.342. The minimum Gasteiger partial charge on any atom is -0.332 e. The second-order valence-corrected chi connectivity index (χ2v) is 5.74. The SMILES string of the molecule is CC(C)(C)CCn1cc(CN)c2cccnc21. The van der Waals surface area contributed by atoms with E-state index in [4.69, 9.17) is 5.73 Å². The van der Waals surface area contributed by atoms with Crippen LogP contribution >= 0.6 is 0 Å². The average Bonchev–Trinajstić information content (AvgIpc) is 2.64. The van der Waals surface area contributed by atoms with E-state index >= 15 is 0 Å². The number of pyridine rings is 1. The van der Waals surface area contributed by atoms with E-state index in [1.807, 2.05) is 12.3 Å². The van der Waals surface area contributed by atoms with E-state index in [9.17, 15) is 0 Å². The van der Waals surface area contributed by atoms with Crippen LogP contribution in [0.1, 0.15) is 32.8 Å². The van der Waals surface area contributed by atoms with Crippen molar-refractivity contribution in [1.82, 2.24) is 9.55 Å². The molecule has 0 aliphatic carbocycles. The van der Waals surface area contributed by atoms with Crippen LogP contribution in [0.5, 0.6) is 0 Å². The molecule has 2 heterocycles. The Morgan fingerprint density at radius 2 is 2.12 bits per heavy atom. The van der Waals surface area contributed by atoms with Crippen molar-refractivity contribution in [2.75, 3.05) is 0 Å². The molecule has 0 aliphatic heterocycles. The van der Waals surface area contributed by atoms with Crippen molar-refractivity contribution in [1.29, 1.82) is 0 Å². The lowest BCUT2D eigenvalue weighted by atomic mass is 9.92. The first-order chi connectivity index (χ1) is 8.01. The number of hydrogen-bond acceptors (Lipinski definition) is 2. The summed E-state index contributed by atoms with van der Waals surface area (Å²) in [6.45, 7) is 8.35. The van der Waals surface area contributed by atoms with Crippen molar-refractivity contribution < 1.29 is 0 Å². The molecule has 2 rings (SSSR count). The fourth-order valence-corrected chi connectivity index (χ4v) is 1.98. The first-order valence-electron chi connectivity index (χ1n) is 6.14. The highest BCUT2D eigenvalue weighted by molar-refractivity contribution is 5.80. The predicted octanol–water partition coefficient (Wildman–Crippen LogP) is 2.93.